The quantitative estimate of drug-likeness (QED) is 0.238. The van der Waals surface area contributed by atoms with E-state index in [-0.39, 0.29) is 30.1 Å². The molecule has 35 heavy (non-hydrogen) atoms. The number of nitrogens with two attached hydrogens (primary N) is 1. The first-order chi connectivity index (χ1) is 16.4. The zero-order chi connectivity index (χ0) is 25.8. The molecule has 0 radical (unpaired) electrons. The summed E-state index contributed by atoms with van der Waals surface area (Å²) < 4.78 is 29.2. The monoisotopic (exact) mass is 508 g/mol. The van der Waals surface area contributed by atoms with E-state index in [9.17, 15) is 23.1 Å². The Morgan fingerprint density at radius 3 is 2.51 bits per heavy atom. The van der Waals surface area contributed by atoms with Crippen LogP contribution in [0.15, 0.2) is 23.2 Å². The molecule has 192 valence electrons. The zero-order valence-electron chi connectivity index (χ0n) is 20.0. The number of imidazole rings is 1. The highest BCUT2D eigenvalue weighted by molar-refractivity contribution is 7.89. The van der Waals surface area contributed by atoms with Crippen molar-refractivity contribution in [2.75, 3.05) is 12.3 Å². The summed E-state index contributed by atoms with van der Waals surface area (Å²) in [5, 5.41) is 12.6. The lowest BCUT2D eigenvalue weighted by molar-refractivity contribution is -0.149. The van der Waals surface area contributed by atoms with E-state index in [1.54, 1.807) is 32.2 Å². The van der Waals surface area contributed by atoms with Crippen LogP contribution in [0, 0.1) is 20.8 Å². The maximum Gasteiger partial charge on any atom is 0.345 e. The Hall–Kier alpha value is -3.00. The van der Waals surface area contributed by atoms with Gasteiger partial charge in [0.25, 0.3) is 0 Å². The van der Waals surface area contributed by atoms with Crippen molar-refractivity contribution in [3.05, 3.63) is 40.7 Å². The van der Waals surface area contributed by atoms with Crippen LogP contribution in [-0.2, 0) is 30.9 Å². The maximum atomic E-state index is 13.5. The summed E-state index contributed by atoms with van der Waals surface area (Å²) in [6.07, 6.45) is 1.89. The van der Waals surface area contributed by atoms with Crippen LogP contribution in [0.3, 0.4) is 0 Å². The van der Waals surface area contributed by atoms with Gasteiger partial charge in [0.2, 0.25) is 21.6 Å². The fourth-order valence-corrected chi connectivity index (χ4v) is 6.12. The first-order valence-corrected chi connectivity index (χ1v) is 12.7. The molecule has 2 aromatic rings. The third-order valence-electron chi connectivity index (χ3n) is 5.77. The number of amides is 1. The first-order valence-electron chi connectivity index (χ1n) is 11.3. The van der Waals surface area contributed by atoms with Crippen LogP contribution in [0.1, 0.15) is 48.1 Å². The Kier molecular flexibility index (Phi) is 8.15. The van der Waals surface area contributed by atoms with Gasteiger partial charge in [0, 0.05) is 12.7 Å². The average molecular weight is 509 g/mol. The molecule has 1 aromatic heterocycles. The molecule has 1 amide bonds. The Balaban J connectivity index is 1.90. The van der Waals surface area contributed by atoms with Crippen molar-refractivity contribution >= 4 is 27.8 Å². The van der Waals surface area contributed by atoms with Gasteiger partial charge in [0.1, 0.15) is 0 Å². The molecule has 0 bridgehead atoms. The van der Waals surface area contributed by atoms with Gasteiger partial charge < -0.3 is 21.1 Å². The Bertz CT molecular complexity index is 1170. The number of hydrogen-bond donors (Lipinski definition) is 6. The molecule has 1 aliphatic rings. The molecule has 7 N–H and O–H groups in total. The van der Waals surface area contributed by atoms with Crippen LogP contribution < -0.4 is 21.3 Å². The molecule has 3 rings (SSSR count). The van der Waals surface area contributed by atoms with Gasteiger partial charge in [-0.25, -0.2) is 23.7 Å². The molecule has 1 fully saturated rings. The molecule has 1 aliphatic heterocycles. The van der Waals surface area contributed by atoms with E-state index in [1.807, 2.05) is 6.92 Å². The van der Waals surface area contributed by atoms with E-state index in [0.717, 1.165) is 5.56 Å². The van der Waals surface area contributed by atoms with Crippen LogP contribution in [0.4, 0.5) is 5.95 Å². The largest absolute Gasteiger partial charge is 0.478 e. The van der Waals surface area contributed by atoms with Gasteiger partial charge in [-0.05, 0) is 57.6 Å². The molecule has 13 heteroatoms. The predicted molar refractivity (Wildman–Crippen MR) is 128 cm³/mol. The number of nitrogens with zero attached hydrogens (tertiary/aromatic N) is 1. The lowest BCUT2D eigenvalue weighted by atomic mass is 10.0. The Labute approximate surface area is 204 Å². The van der Waals surface area contributed by atoms with Crippen LogP contribution in [-0.4, -0.2) is 53.7 Å². The second-order valence-electron chi connectivity index (χ2n) is 8.85. The van der Waals surface area contributed by atoms with E-state index in [4.69, 9.17) is 10.6 Å². The topological polar surface area (TPSA) is 189 Å². The normalized spacial score (nSPS) is 17.7. The van der Waals surface area contributed by atoms with E-state index < -0.39 is 33.7 Å². The highest BCUT2D eigenvalue weighted by atomic mass is 32.2. The molecule has 2 unspecified atom stereocenters. The van der Waals surface area contributed by atoms with E-state index >= 15 is 0 Å². The van der Waals surface area contributed by atoms with Gasteiger partial charge in [-0.1, -0.05) is 17.7 Å². The molecule has 0 saturated carbocycles. The summed E-state index contributed by atoms with van der Waals surface area (Å²) in [5.74, 6) is -1.96. The molecule has 2 heterocycles. The van der Waals surface area contributed by atoms with Crippen molar-refractivity contribution in [2.24, 2.45) is 0 Å². The van der Waals surface area contributed by atoms with Crippen molar-refractivity contribution in [3.8, 4) is 0 Å². The Morgan fingerprint density at radius 2 is 1.97 bits per heavy atom. The van der Waals surface area contributed by atoms with Gasteiger partial charge >= 0.3 is 5.97 Å². The number of carbonyl (C=O) groups is 2. The minimum atomic E-state index is -4.34. The molecule has 1 aromatic carbocycles. The number of carboxylic acid groups (broad SMARTS) is 1. The summed E-state index contributed by atoms with van der Waals surface area (Å²) in [6.45, 7) is 5.69. The first kappa shape index (κ1) is 26.6. The lowest BCUT2D eigenvalue weighted by Gasteiger charge is -2.32. The summed E-state index contributed by atoms with van der Waals surface area (Å²) >= 11 is 0. The zero-order valence-corrected chi connectivity index (χ0v) is 20.8. The number of benzene rings is 1. The minimum Gasteiger partial charge on any atom is -0.478 e. The highest BCUT2D eigenvalue weighted by Gasteiger charge is 2.44. The van der Waals surface area contributed by atoms with Crippen molar-refractivity contribution < 1.29 is 28.0 Å². The number of carbonyl (C=O) groups excluding carboxylic acids is 1. The molecule has 1 saturated heterocycles. The molecule has 2 atom stereocenters. The van der Waals surface area contributed by atoms with Gasteiger partial charge in [-0.15, -0.1) is 0 Å². The SMILES string of the molecule is Cc1cc(C)c(S(=O)(=O)NC(CCCc2c[nH]c(N)n2)(NC(=O)CC2CCNO2)C(=O)O)c(C)c1. The summed E-state index contributed by atoms with van der Waals surface area (Å²) in [4.78, 5) is 37.4. The molecule has 12 nitrogen and oxygen atoms in total. The number of aliphatic carboxylic acids is 1. The average Bonchev–Trinajstić information content (AvgIpc) is 3.37. The minimum absolute atomic E-state index is 0.0219. The van der Waals surface area contributed by atoms with Crippen LogP contribution in [0.2, 0.25) is 0 Å². The second kappa shape index (κ2) is 10.7. The highest BCUT2D eigenvalue weighted by Crippen LogP contribution is 2.25. The standard InChI is InChI=1S/C22H32N6O6S/c1-13-9-14(2)19(15(3)10-13)35(32,33)28-22(20(30)31,7-4-5-16-12-24-21(23)26-16)27-18(29)11-17-6-8-25-34-17/h9-10,12,17,25,28H,4-8,11H2,1-3H3,(H,27,29)(H,30,31)(H3,23,24,26). The molecule has 0 aliphatic carbocycles. The second-order valence-corrected chi connectivity index (χ2v) is 10.5. The van der Waals surface area contributed by atoms with E-state index in [1.165, 1.54) is 0 Å². The van der Waals surface area contributed by atoms with Gasteiger partial charge in [-0.3, -0.25) is 9.63 Å². The number of hydroxylamine groups is 1. The number of aromatic nitrogens is 2. The summed E-state index contributed by atoms with van der Waals surface area (Å²) in [7, 11) is -4.34. The molecular formula is C22H32N6O6S. The summed E-state index contributed by atoms with van der Waals surface area (Å²) in [5.41, 5.74) is 8.38. The number of carboxylic acids is 1. The van der Waals surface area contributed by atoms with Gasteiger partial charge in [-0.2, -0.15) is 4.72 Å². The fourth-order valence-electron chi connectivity index (χ4n) is 4.35. The smallest absolute Gasteiger partial charge is 0.345 e. The number of aromatic amines is 1. The number of aryl methyl sites for hydroxylation is 4. The fraction of sp³-hybridized carbons (Fsp3) is 0.500. The summed E-state index contributed by atoms with van der Waals surface area (Å²) in [6, 6.07) is 3.41. The third-order valence-corrected chi connectivity index (χ3v) is 7.57. The van der Waals surface area contributed by atoms with Crippen molar-refractivity contribution in [1.29, 1.82) is 0 Å². The van der Waals surface area contributed by atoms with Crippen LogP contribution in [0.25, 0.3) is 0 Å². The maximum absolute atomic E-state index is 13.5. The Morgan fingerprint density at radius 1 is 1.29 bits per heavy atom. The van der Waals surface area contributed by atoms with Gasteiger partial charge in [0.05, 0.1) is 23.1 Å². The van der Waals surface area contributed by atoms with Crippen LogP contribution >= 0.6 is 0 Å². The van der Waals surface area contributed by atoms with Crippen molar-refractivity contribution in [2.45, 2.75) is 69.5 Å². The molecular weight excluding hydrogens is 476 g/mol. The predicted octanol–water partition coefficient (Wildman–Crippen LogP) is 0.799. The lowest BCUT2D eigenvalue weighted by Crippen LogP contribution is -2.65. The number of H-pyrrole nitrogens is 1. The van der Waals surface area contributed by atoms with Crippen LogP contribution in [0.5, 0.6) is 0 Å². The number of nitrogen functional groups attached to an aromatic ring is 1. The van der Waals surface area contributed by atoms with E-state index in [0.29, 0.717) is 36.2 Å². The van der Waals surface area contributed by atoms with Crippen molar-refractivity contribution in [3.63, 3.8) is 0 Å². The molecule has 0 spiro atoms. The number of anilines is 1. The number of rotatable bonds is 11. The number of sulfonamides is 1. The number of nitrogens with one attached hydrogen (secondary N) is 4. The number of hydrogen-bond acceptors (Lipinski definition) is 8. The third kappa shape index (κ3) is 6.57. The van der Waals surface area contributed by atoms with Crippen molar-refractivity contribution in [1.82, 2.24) is 25.5 Å². The van der Waals surface area contributed by atoms with E-state index in [2.05, 4.69) is 25.5 Å². The van der Waals surface area contributed by atoms with Gasteiger partial charge in [0.15, 0.2) is 5.95 Å².